The summed E-state index contributed by atoms with van der Waals surface area (Å²) in [4.78, 5) is 23.3. The summed E-state index contributed by atoms with van der Waals surface area (Å²) in [6.45, 7) is 7.97. The number of fused-ring (bicyclic) bond motifs is 1. The van der Waals surface area contributed by atoms with E-state index in [1.165, 1.54) is 5.57 Å². The highest BCUT2D eigenvalue weighted by atomic mass is 16.4. The number of aliphatic carboxylic acids is 1. The molecule has 2 saturated carbocycles. The van der Waals surface area contributed by atoms with E-state index in [0.717, 1.165) is 19.3 Å². The minimum atomic E-state index is -0.863. The van der Waals surface area contributed by atoms with Crippen LogP contribution in [0.15, 0.2) is 12.2 Å². The molecule has 0 bridgehead atoms. The molecule has 1 N–H and O–H groups in total. The number of rotatable bonds is 2. The summed E-state index contributed by atoms with van der Waals surface area (Å²) < 4.78 is 0. The van der Waals surface area contributed by atoms with Gasteiger partial charge in [0, 0.05) is 12.3 Å². The molecule has 0 aromatic carbocycles. The second-order valence-electron chi connectivity index (χ2n) is 6.33. The lowest BCUT2D eigenvalue weighted by Gasteiger charge is -2.48. The lowest BCUT2D eigenvalue weighted by molar-refractivity contribution is -0.149. The van der Waals surface area contributed by atoms with E-state index in [1.54, 1.807) is 6.92 Å². The fraction of sp³-hybridized carbons (Fsp3) is 0.733. The number of carboxylic acid groups (broad SMARTS) is 1. The third-order valence-electron chi connectivity index (χ3n) is 5.05. The number of ketones is 1. The topological polar surface area (TPSA) is 54.4 Å². The summed E-state index contributed by atoms with van der Waals surface area (Å²) in [5.74, 6) is -1.29. The highest BCUT2D eigenvalue weighted by Gasteiger charge is 2.48. The molecule has 4 atom stereocenters. The van der Waals surface area contributed by atoms with E-state index < -0.39 is 11.9 Å². The number of carbonyl (C=O) groups excluding carboxylic acids is 1. The number of carboxylic acids is 1. The molecule has 0 amide bonds. The number of carbonyl (C=O) groups is 2. The molecule has 2 aliphatic carbocycles. The predicted octanol–water partition coefficient (Wildman–Crippen LogP) is 3.05. The van der Waals surface area contributed by atoms with Crippen molar-refractivity contribution in [3.05, 3.63) is 12.2 Å². The van der Waals surface area contributed by atoms with Gasteiger partial charge in [-0.2, -0.15) is 0 Å². The van der Waals surface area contributed by atoms with Gasteiger partial charge in [0.15, 0.2) is 0 Å². The summed E-state index contributed by atoms with van der Waals surface area (Å²) in [6, 6.07) is 0. The Balaban J connectivity index is 2.23. The molecule has 2 rings (SSSR count). The van der Waals surface area contributed by atoms with Gasteiger partial charge >= 0.3 is 5.97 Å². The van der Waals surface area contributed by atoms with Gasteiger partial charge in [0.1, 0.15) is 5.78 Å². The average molecular weight is 250 g/mol. The van der Waals surface area contributed by atoms with Crippen molar-refractivity contribution in [3.63, 3.8) is 0 Å². The maximum Gasteiger partial charge on any atom is 0.306 e. The molecule has 0 aromatic heterocycles. The summed E-state index contributed by atoms with van der Waals surface area (Å²) in [6.07, 6.45) is 4.41. The van der Waals surface area contributed by atoms with Crippen molar-refractivity contribution in [1.29, 1.82) is 0 Å². The van der Waals surface area contributed by atoms with Crippen molar-refractivity contribution < 1.29 is 14.7 Å². The van der Waals surface area contributed by atoms with Crippen LogP contribution in [-0.2, 0) is 9.59 Å². The van der Waals surface area contributed by atoms with Crippen LogP contribution in [0.3, 0.4) is 0 Å². The molecule has 0 saturated heterocycles. The zero-order valence-corrected chi connectivity index (χ0v) is 11.2. The Hall–Kier alpha value is -1.12. The predicted molar refractivity (Wildman–Crippen MR) is 69.1 cm³/mol. The second-order valence-corrected chi connectivity index (χ2v) is 6.33. The van der Waals surface area contributed by atoms with Gasteiger partial charge in [-0.15, -0.1) is 0 Å². The van der Waals surface area contributed by atoms with Crippen LogP contribution in [0.2, 0.25) is 0 Å². The highest BCUT2D eigenvalue weighted by molar-refractivity contribution is 5.87. The van der Waals surface area contributed by atoms with Gasteiger partial charge in [0.25, 0.3) is 0 Å². The van der Waals surface area contributed by atoms with Crippen LogP contribution in [0.1, 0.15) is 46.0 Å². The standard InChI is InChI=1S/C15H22O3/c1-9-5-4-6-15(3)8-13(16)11(7-12(9)15)10(2)14(17)18/h10-12H,1,4-8H2,2-3H3,(H,17,18). The smallest absolute Gasteiger partial charge is 0.306 e. The Morgan fingerprint density at radius 2 is 2.22 bits per heavy atom. The molecule has 0 aromatic rings. The van der Waals surface area contributed by atoms with Gasteiger partial charge in [-0.1, -0.05) is 26.0 Å². The van der Waals surface area contributed by atoms with Gasteiger partial charge in [-0.25, -0.2) is 0 Å². The zero-order valence-electron chi connectivity index (χ0n) is 11.2. The Morgan fingerprint density at radius 3 is 2.83 bits per heavy atom. The van der Waals surface area contributed by atoms with E-state index in [-0.39, 0.29) is 17.1 Å². The number of allylic oxidation sites excluding steroid dienone is 1. The molecule has 0 spiro atoms. The Kier molecular flexibility index (Phi) is 3.35. The number of Topliss-reactive ketones (excluding diaryl/α,β-unsaturated/α-hetero) is 1. The maximum atomic E-state index is 12.2. The van der Waals surface area contributed by atoms with E-state index in [0.29, 0.717) is 18.8 Å². The van der Waals surface area contributed by atoms with Gasteiger partial charge in [0.05, 0.1) is 5.92 Å². The summed E-state index contributed by atoms with van der Waals surface area (Å²) in [5, 5.41) is 9.10. The molecule has 18 heavy (non-hydrogen) atoms. The van der Waals surface area contributed by atoms with E-state index in [2.05, 4.69) is 13.5 Å². The Bertz CT molecular complexity index is 399. The van der Waals surface area contributed by atoms with E-state index in [1.807, 2.05) is 0 Å². The molecule has 4 unspecified atom stereocenters. The molecule has 0 radical (unpaired) electrons. The second kappa shape index (κ2) is 4.52. The van der Waals surface area contributed by atoms with Crippen molar-refractivity contribution in [1.82, 2.24) is 0 Å². The first-order valence-electron chi connectivity index (χ1n) is 6.78. The minimum Gasteiger partial charge on any atom is -0.481 e. The fourth-order valence-corrected chi connectivity index (χ4v) is 3.79. The van der Waals surface area contributed by atoms with E-state index in [4.69, 9.17) is 5.11 Å². The van der Waals surface area contributed by atoms with Crippen molar-refractivity contribution >= 4 is 11.8 Å². The quantitative estimate of drug-likeness (QED) is 0.766. The SMILES string of the molecule is C=C1CCCC2(C)CC(=O)C(C(C)C(=O)O)CC12. The average Bonchev–Trinajstić information content (AvgIpc) is 2.26. The highest BCUT2D eigenvalue weighted by Crippen LogP contribution is 2.53. The summed E-state index contributed by atoms with van der Waals surface area (Å²) in [7, 11) is 0. The first kappa shape index (κ1) is 13.3. The van der Waals surface area contributed by atoms with Crippen LogP contribution in [0, 0.1) is 23.2 Å². The third-order valence-corrected chi connectivity index (χ3v) is 5.05. The molecule has 2 aliphatic rings. The van der Waals surface area contributed by atoms with Crippen molar-refractivity contribution in [2.75, 3.05) is 0 Å². The lowest BCUT2D eigenvalue weighted by Crippen LogP contribution is -2.45. The first-order valence-corrected chi connectivity index (χ1v) is 6.78. The maximum absolute atomic E-state index is 12.2. The van der Waals surface area contributed by atoms with E-state index >= 15 is 0 Å². The molecule has 3 nitrogen and oxygen atoms in total. The van der Waals surface area contributed by atoms with Crippen molar-refractivity contribution in [2.24, 2.45) is 23.2 Å². The van der Waals surface area contributed by atoms with Gasteiger partial charge in [-0.3, -0.25) is 9.59 Å². The van der Waals surface area contributed by atoms with Crippen LogP contribution in [0.4, 0.5) is 0 Å². The van der Waals surface area contributed by atoms with Gasteiger partial charge in [-0.05, 0) is 37.0 Å². The monoisotopic (exact) mass is 250 g/mol. The molecular weight excluding hydrogens is 228 g/mol. The molecule has 0 aliphatic heterocycles. The van der Waals surface area contributed by atoms with Gasteiger partial charge in [0.2, 0.25) is 0 Å². The molecular formula is C15H22O3. The minimum absolute atomic E-state index is 0.0289. The van der Waals surface area contributed by atoms with Crippen LogP contribution < -0.4 is 0 Å². The normalized spacial score (nSPS) is 38.1. The summed E-state index contributed by atoms with van der Waals surface area (Å²) in [5.41, 5.74) is 1.25. The largest absolute Gasteiger partial charge is 0.481 e. The van der Waals surface area contributed by atoms with Crippen LogP contribution in [0.5, 0.6) is 0 Å². The first-order chi connectivity index (χ1) is 8.35. The van der Waals surface area contributed by atoms with Crippen LogP contribution in [0.25, 0.3) is 0 Å². The van der Waals surface area contributed by atoms with Gasteiger partial charge < -0.3 is 5.11 Å². The third kappa shape index (κ3) is 2.11. The van der Waals surface area contributed by atoms with Crippen molar-refractivity contribution in [3.8, 4) is 0 Å². The van der Waals surface area contributed by atoms with E-state index in [9.17, 15) is 9.59 Å². The molecule has 0 heterocycles. The fourth-order valence-electron chi connectivity index (χ4n) is 3.79. The molecule has 3 heteroatoms. The van der Waals surface area contributed by atoms with Crippen LogP contribution in [-0.4, -0.2) is 16.9 Å². The molecule has 100 valence electrons. The van der Waals surface area contributed by atoms with Crippen molar-refractivity contribution in [2.45, 2.75) is 46.0 Å². The number of hydrogen-bond acceptors (Lipinski definition) is 2. The zero-order chi connectivity index (χ0) is 13.5. The Labute approximate surface area is 108 Å². The Morgan fingerprint density at radius 1 is 1.56 bits per heavy atom. The molecule has 2 fully saturated rings. The van der Waals surface area contributed by atoms with Crippen LogP contribution >= 0.6 is 0 Å². The lowest BCUT2D eigenvalue weighted by atomic mass is 9.55. The summed E-state index contributed by atoms with van der Waals surface area (Å²) >= 11 is 0. The number of hydrogen-bond donors (Lipinski definition) is 1.